The Kier molecular flexibility index (Phi) is 3.31. The van der Waals surface area contributed by atoms with Gasteiger partial charge in [0.15, 0.2) is 11.5 Å². The number of phenolic OH excluding ortho intramolecular Hbond substituents is 1. The maximum Gasteiger partial charge on any atom is 0.161 e. The highest BCUT2D eigenvalue weighted by Gasteiger charge is 2.22. The molecule has 6 heteroatoms. The van der Waals surface area contributed by atoms with Crippen LogP contribution in [0.3, 0.4) is 0 Å². The van der Waals surface area contributed by atoms with E-state index in [1.54, 1.807) is 0 Å². The van der Waals surface area contributed by atoms with Crippen molar-refractivity contribution in [2.45, 2.75) is 6.04 Å². The summed E-state index contributed by atoms with van der Waals surface area (Å²) in [5, 5.41) is 9.90. The Morgan fingerprint density at radius 3 is 2.74 bits per heavy atom. The molecule has 0 saturated heterocycles. The summed E-state index contributed by atoms with van der Waals surface area (Å²) in [6.45, 7) is 1.09. The molecule has 0 bridgehead atoms. The van der Waals surface area contributed by atoms with Crippen molar-refractivity contribution in [3.8, 4) is 17.2 Å². The van der Waals surface area contributed by atoms with Gasteiger partial charge in [0.25, 0.3) is 0 Å². The van der Waals surface area contributed by atoms with E-state index < -0.39 is 5.82 Å². The van der Waals surface area contributed by atoms with Gasteiger partial charge in [0.2, 0.25) is 0 Å². The van der Waals surface area contributed by atoms with Gasteiger partial charge in [0, 0.05) is 5.56 Å². The Balaban J connectivity index is 1.64. The number of aromatic hydroxyl groups is 1. The topological polar surface area (TPSA) is 62.8 Å². The van der Waals surface area contributed by atoms with Gasteiger partial charge >= 0.3 is 0 Å². The molecule has 5 nitrogen and oxygen atoms in total. The average molecular weight is 314 g/mol. The van der Waals surface area contributed by atoms with E-state index in [0.717, 1.165) is 11.3 Å². The van der Waals surface area contributed by atoms with Crippen molar-refractivity contribution in [1.82, 2.24) is 10.9 Å². The minimum Gasteiger partial charge on any atom is -0.507 e. The fraction of sp³-hybridized carbons (Fsp3) is 0.176. The smallest absolute Gasteiger partial charge is 0.161 e. The number of phenols is 1. The number of nitrogens with one attached hydrogen (secondary N) is 2. The Labute approximate surface area is 132 Å². The van der Waals surface area contributed by atoms with Gasteiger partial charge < -0.3 is 20.0 Å². The first kappa shape index (κ1) is 13.9. The van der Waals surface area contributed by atoms with Crippen LogP contribution in [0.15, 0.2) is 42.5 Å². The number of halogens is 1. The van der Waals surface area contributed by atoms with E-state index in [2.05, 4.69) is 10.9 Å². The molecule has 2 aromatic rings. The van der Waals surface area contributed by atoms with Gasteiger partial charge in [0.1, 0.15) is 24.8 Å². The van der Waals surface area contributed by atoms with Crippen LogP contribution in [0.4, 0.5) is 4.39 Å². The fourth-order valence-electron chi connectivity index (χ4n) is 2.72. The zero-order chi connectivity index (χ0) is 15.8. The molecule has 0 radical (unpaired) electrons. The molecule has 2 aromatic carbocycles. The lowest BCUT2D eigenvalue weighted by molar-refractivity contribution is 0.171. The molecule has 0 saturated carbocycles. The minimum absolute atomic E-state index is 0.0229. The molecule has 0 spiro atoms. The quantitative estimate of drug-likeness (QED) is 0.795. The molecular weight excluding hydrogens is 299 g/mol. The number of fused-ring (bicyclic) bond motifs is 1. The van der Waals surface area contributed by atoms with Crippen molar-refractivity contribution in [3.05, 3.63) is 59.4 Å². The molecule has 3 N–H and O–H groups in total. The molecule has 0 amide bonds. The van der Waals surface area contributed by atoms with Crippen molar-refractivity contribution in [3.63, 3.8) is 0 Å². The minimum atomic E-state index is -0.400. The summed E-state index contributed by atoms with van der Waals surface area (Å²) >= 11 is 0. The first-order valence-corrected chi connectivity index (χ1v) is 7.32. The molecule has 23 heavy (non-hydrogen) atoms. The summed E-state index contributed by atoms with van der Waals surface area (Å²) in [5.74, 6) is 1.07. The molecular formula is C17H15FN2O3. The number of hydrogen-bond acceptors (Lipinski definition) is 5. The van der Waals surface area contributed by atoms with Crippen molar-refractivity contribution in [2.24, 2.45) is 0 Å². The van der Waals surface area contributed by atoms with Crippen LogP contribution in [0.2, 0.25) is 0 Å². The first-order chi connectivity index (χ1) is 11.2. The Bertz CT molecular complexity index is 791. The van der Waals surface area contributed by atoms with Crippen LogP contribution in [-0.2, 0) is 0 Å². The summed E-state index contributed by atoms with van der Waals surface area (Å²) in [7, 11) is 0. The molecule has 4 rings (SSSR count). The first-order valence-electron chi connectivity index (χ1n) is 7.32. The monoisotopic (exact) mass is 314 g/mol. The largest absolute Gasteiger partial charge is 0.507 e. The van der Waals surface area contributed by atoms with Gasteiger partial charge in [0.05, 0.1) is 11.7 Å². The highest BCUT2D eigenvalue weighted by atomic mass is 19.1. The van der Waals surface area contributed by atoms with E-state index >= 15 is 0 Å². The molecule has 0 aromatic heterocycles. The fourth-order valence-corrected chi connectivity index (χ4v) is 2.72. The number of hydrazine groups is 1. The van der Waals surface area contributed by atoms with Gasteiger partial charge in [-0.3, -0.25) is 0 Å². The molecule has 1 unspecified atom stereocenters. The predicted molar refractivity (Wildman–Crippen MR) is 82.5 cm³/mol. The van der Waals surface area contributed by atoms with Gasteiger partial charge in [-0.2, -0.15) is 0 Å². The second kappa shape index (κ2) is 5.48. The maximum atomic E-state index is 13.4. The lowest BCUT2D eigenvalue weighted by Crippen LogP contribution is -2.26. The summed E-state index contributed by atoms with van der Waals surface area (Å²) in [4.78, 5) is 0. The third-order valence-corrected chi connectivity index (χ3v) is 3.87. The number of rotatable bonds is 2. The van der Waals surface area contributed by atoms with Crippen LogP contribution in [-0.4, -0.2) is 18.3 Å². The average Bonchev–Trinajstić information content (AvgIpc) is 3.06. The summed E-state index contributed by atoms with van der Waals surface area (Å²) < 4.78 is 24.5. The van der Waals surface area contributed by atoms with Crippen LogP contribution < -0.4 is 20.3 Å². The van der Waals surface area contributed by atoms with Crippen molar-refractivity contribution in [2.75, 3.05) is 13.2 Å². The molecule has 2 aliphatic heterocycles. The van der Waals surface area contributed by atoms with Gasteiger partial charge in [-0.25, -0.2) is 9.82 Å². The van der Waals surface area contributed by atoms with E-state index in [1.807, 2.05) is 24.3 Å². The number of benzene rings is 2. The third-order valence-electron chi connectivity index (χ3n) is 3.87. The highest BCUT2D eigenvalue weighted by molar-refractivity contribution is 5.71. The Morgan fingerprint density at radius 2 is 1.87 bits per heavy atom. The van der Waals surface area contributed by atoms with Gasteiger partial charge in [-0.15, -0.1) is 0 Å². The van der Waals surface area contributed by atoms with E-state index in [0.29, 0.717) is 30.2 Å². The van der Waals surface area contributed by atoms with Gasteiger partial charge in [-0.05, 0) is 42.0 Å². The van der Waals surface area contributed by atoms with Gasteiger partial charge in [-0.1, -0.05) is 6.07 Å². The Hall–Kier alpha value is -2.73. The summed E-state index contributed by atoms with van der Waals surface area (Å²) in [6.07, 6.45) is 1.89. The predicted octanol–water partition coefficient (Wildman–Crippen LogP) is 2.49. The van der Waals surface area contributed by atoms with Crippen LogP contribution in [0.5, 0.6) is 17.2 Å². The van der Waals surface area contributed by atoms with Crippen LogP contribution in [0, 0.1) is 5.82 Å². The lowest BCUT2D eigenvalue weighted by atomic mass is 10.0. The highest BCUT2D eigenvalue weighted by Crippen LogP contribution is 2.35. The molecule has 0 fully saturated rings. The van der Waals surface area contributed by atoms with Crippen LogP contribution >= 0.6 is 0 Å². The summed E-state index contributed by atoms with van der Waals surface area (Å²) in [5.41, 5.74) is 8.10. The molecule has 0 aliphatic carbocycles. The van der Waals surface area contributed by atoms with Crippen molar-refractivity contribution < 1.29 is 19.0 Å². The number of hydrogen-bond donors (Lipinski definition) is 3. The van der Waals surface area contributed by atoms with E-state index in [9.17, 15) is 9.50 Å². The van der Waals surface area contributed by atoms with Crippen LogP contribution in [0.25, 0.3) is 5.70 Å². The maximum absolute atomic E-state index is 13.4. The Morgan fingerprint density at radius 1 is 1.04 bits per heavy atom. The standard InChI is InChI=1S/C17H15FN2O3/c18-11-2-3-15(21)12(8-11)14-9-13(19-20-14)10-1-4-16-17(7-10)23-6-5-22-16/h1-4,7-9,13,19-21H,5-6H2. The van der Waals surface area contributed by atoms with E-state index in [-0.39, 0.29) is 11.8 Å². The SMILES string of the molecule is Oc1ccc(F)cc1C1=CC(c2ccc3c(c2)OCCO3)NN1. The second-order valence-electron chi connectivity index (χ2n) is 5.39. The van der Waals surface area contributed by atoms with E-state index in [4.69, 9.17) is 9.47 Å². The third kappa shape index (κ3) is 2.57. The lowest BCUT2D eigenvalue weighted by Gasteiger charge is -2.20. The normalized spacial score (nSPS) is 19.2. The zero-order valence-electron chi connectivity index (χ0n) is 12.2. The second-order valence-corrected chi connectivity index (χ2v) is 5.39. The molecule has 2 heterocycles. The van der Waals surface area contributed by atoms with Crippen molar-refractivity contribution >= 4 is 5.70 Å². The molecule has 1 atom stereocenters. The zero-order valence-corrected chi connectivity index (χ0v) is 12.2. The molecule has 2 aliphatic rings. The van der Waals surface area contributed by atoms with Crippen LogP contribution in [0.1, 0.15) is 17.2 Å². The molecule has 118 valence electrons. The van der Waals surface area contributed by atoms with Crippen molar-refractivity contribution in [1.29, 1.82) is 0 Å². The van der Waals surface area contributed by atoms with E-state index in [1.165, 1.54) is 18.2 Å². The summed E-state index contributed by atoms with van der Waals surface area (Å²) in [6, 6.07) is 9.46. The number of ether oxygens (including phenoxy) is 2.